The third-order valence-electron chi connectivity index (χ3n) is 2.75. The van der Waals surface area contributed by atoms with Crippen LogP contribution >= 0.6 is 11.6 Å². The molecular formula is C14H16ClF3N2O4. The van der Waals surface area contributed by atoms with Crippen LogP contribution in [0.25, 0.3) is 0 Å². The number of alkyl halides is 3. The van der Waals surface area contributed by atoms with E-state index in [1.807, 2.05) is 5.32 Å². The zero-order valence-corrected chi connectivity index (χ0v) is 13.6. The minimum atomic E-state index is -5.22. The molecule has 134 valence electrons. The van der Waals surface area contributed by atoms with Crippen molar-refractivity contribution < 1.29 is 32.2 Å². The van der Waals surface area contributed by atoms with Crippen molar-refractivity contribution in [3.63, 3.8) is 0 Å². The van der Waals surface area contributed by atoms with Crippen molar-refractivity contribution in [3.05, 3.63) is 29.3 Å². The SMILES string of the molecule is CCOC(=O)N[C@](Nc1ccc(Cl)cc1)(C(=O)OCC)C(F)(F)F. The van der Waals surface area contributed by atoms with Gasteiger partial charge in [-0.2, -0.15) is 13.2 Å². The Labute approximate surface area is 141 Å². The van der Waals surface area contributed by atoms with Gasteiger partial charge >= 0.3 is 23.9 Å². The number of alkyl carbamates (subject to hydrolysis) is 1. The molecule has 0 radical (unpaired) electrons. The molecule has 0 saturated carbocycles. The van der Waals surface area contributed by atoms with Gasteiger partial charge in [0.2, 0.25) is 0 Å². The highest BCUT2D eigenvalue weighted by molar-refractivity contribution is 6.30. The molecule has 0 aliphatic heterocycles. The minimum Gasteiger partial charge on any atom is -0.463 e. The summed E-state index contributed by atoms with van der Waals surface area (Å²) in [5.74, 6) is -1.72. The number of rotatable bonds is 6. The standard InChI is InChI=1S/C14H16ClF3N2O4/c1-3-23-11(21)13(14(16,17)18,20-12(22)24-4-2)19-10-7-5-9(15)6-8-10/h5-8,19H,3-4H2,1-2H3,(H,20,22)/t13-/m1/s1. The minimum absolute atomic E-state index is 0.110. The first-order valence-electron chi connectivity index (χ1n) is 6.89. The molecule has 10 heteroatoms. The van der Waals surface area contributed by atoms with Gasteiger partial charge in [-0.05, 0) is 38.1 Å². The normalized spacial score (nSPS) is 13.6. The second-order valence-corrected chi connectivity index (χ2v) is 4.88. The van der Waals surface area contributed by atoms with E-state index in [-0.39, 0.29) is 23.9 Å². The molecule has 1 amide bonds. The van der Waals surface area contributed by atoms with E-state index < -0.39 is 23.9 Å². The summed E-state index contributed by atoms with van der Waals surface area (Å²) in [6, 6.07) is 5.07. The number of ether oxygens (including phenoxy) is 2. The Balaban J connectivity index is 3.30. The van der Waals surface area contributed by atoms with Crippen LogP contribution in [0.2, 0.25) is 5.02 Å². The van der Waals surface area contributed by atoms with E-state index in [0.29, 0.717) is 0 Å². The lowest BCUT2D eigenvalue weighted by Gasteiger charge is -2.34. The number of benzene rings is 1. The van der Waals surface area contributed by atoms with E-state index in [1.54, 1.807) is 0 Å². The number of carbonyl (C=O) groups is 2. The van der Waals surface area contributed by atoms with Crippen molar-refractivity contribution in [2.45, 2.75) is 25.7 Å². The molecule has 0 aromatic heterocycles. The van der Waals surface area contributed by atoms with Gasteiger partial charge < -0.3 is 14.8 Å². The monoisotopic (exact) mass is 368 g/mol. The lowest BCUT2D eigenvalue weighted by Crippen LogP contribution is -2.69. The Bertz CT molecular complexity index is 580. The molecule has 0 spiro atoms. The molecule has 0 aliphatic carbocycles. The molecule has 0 heterocycles. The maximum absolute atomic E-state index is 13.7. The van der Waals surface area contributed by atoms with E-state index in [9.17, 15) is 22.8 Å². The molecule has 0 unspecified atom stereocenters. The third-order valence-corrected chi connectivity index (χ3v) is 3.00. The summed E-state index contributed by atoms with van der Waals surface area (Å²) in [7, 11) is 0. The number of halogens is 4. The van der Waals surface area contributed by atoms with Crippen LogP contribution in [0.5, 0.6) is 0 Å². The highest BCUT2D eigenvalue weighted by atomic mass is 35.5. The molecule has 1 rings (SSSR count). The van der Waals surface area contributed by atoms with Gasteiger partial charge in [-0.3, -0.25) is 5.32 Å². The van der Waals surface area contributed by atoms with Crippen molar-refractivity contribution in [3.8, 4) is 0 Å². The lowest BCUT2D eigenvalue weighted by atomic mass is 10.1. The van der Waals surface area contributed by atoms with Crippen LogP contribution in [0.4, 0.5) is 23.7 Å². The van der Waals surface area contributed by atoms with Crippen LogP contribution in [-0.4, -0.2) is 37.1 Å². The lowest BCUT2D eigenvalue weighted by molar-refractivity contribution is -0.205. The van der Waals surface area contributed by atoms with Crippen molar-refractivity contribution in [2.24, 2.45) is 0 Å². The number of carbonyl (C=O) groups excluding carboxylic acids is 2. The number of amides is 1. The van der Waals surface area contributed by atoms with Gasteiger partial charge in [-0.25, -0.2) is 9.59 Å². The summed E-state index contributed by atoms with van der Waals surface area (Å²) in [4.78, 5) is 23.6. The molecule has 1 aromatic carbocycles. The van der Waals surface area contributed by atoms with Crippen molar-refractivity contribution in [1.29, 1.82) is 0 Å². The van der Waals surface area contributed by atoms with E-state index in [2.05, 4.69) is 9.47 Å². The van der Waals surface area contributed by atoms with Gasteiger partial charge in [0.1, 0.15) is 0 Å². The molecular weight excluding hydrogens is 353 g/mol. The van der Waals surface area contributed by atoms with Gasteiger partial charge in [0.25, 0.3) is 0 Å². The summed E-state index contributed by atoms with van der Waals surface area (Å²) in [6.45, 7) is 2.25. The molecule has 0 aliphatic rings. The second-order valence-electron chi connectivity index (χ2n) is 4.45. The fourth-order valence-electron chi connectivity index (χ4n) is 1.70. The fraction of sp³-hybridized carbons (Fsp3) is 0.429. The van der Waals surface area contributed by atoms with Crippen molar-refractivity contribution >= 4 is 29.4 Å². The zero-order chi connectivity index (χ0) is 18.4. The van der Waals surface area contributed by atoms with E-state index in [0.717, 1.165) is 0 Å². The summed E-state index contributed by atoms with van der Waals surface area (Å²) in [6.07, 6.45) is -6.64. The Hall–Kier alpha value is -2.16. The number of anilines is 1. The Kier molecular flexibility index (Phi) is 6.70. The zero-order valence-electron chi connectivity index (χ0n) is 12.9. The van der Waals surface area contributed by atoms with Gasteiger partial charge in [-0.1, -0.05) is 11.6 Å². The first-order valence-corrected chi connectivity index (χ1v) is 7.26. The highest BCUT2D eigenvalue weighted by Gasteiger charge is 2.64. The van der Waals surface area contributed by atoms with Crippen LogP contribution in [0.3, 0.4) is 0 Å². The van der Waals surface area contributed by atoms with Crippen molar-refractivity contribution in [1.82, 2.24) is 5.32 Å². The molecule has 1 atom stereocenters. The van der Waals surface area contributed by atoms with Crippen LogP contribution in [-0.2, 0) is 14.3 Å². The van der Waals surface area contributed by atoms with Gasteiger partial charge in [0.05, 0.1) is 13.2 Å². The smallest absolute Gasteiger partial charge is 0.442 e. The summed E-state index contributed by atoms with van der Waals surface area (Å²) >= 11 is 5.68. The highest BCUT2D eigenvalue weighted by Crippen LogP contribution is 2.33. The number of nitrogens with one attached hydrogen (secondary N) is 2. The Morgan fingerprint density at radius 2 is 1.62 bits per heavy atom. The van der Waals surface area contributed by atoms with Crippen LogP contribution in [0.15, 0.2) is 24.3 Å². The molecule has 24 heavy (non-hydrogen) atoms. The maximum Gasteiger partial charge on any atom is 0.442 e. The molecule has 6 nitrogen and oxygen atoms in total. The molecule has 1 aromatic rings. The second kappa shape index (κ2) is 8.09. The summed E-state index contributed by atoms with van der Waals surface area (Å²) in [5.41, 5.74) is -3.62. The van der Waals surface area contributed by atoms with Crippen LogP contribution in [0, 0.1) is 0 Å². The summed E-state index contributed by atoms with van der Waals surface area (Å²) in [5, 5.41) is 3.76. The van der Waals surface area contributed by atoms with Gasteiger partial charge in [-0.15, -0.1) is 0 Å². The van der Waals surface area contributed by atoms with Gasteiger partial charge in [0.15, 0.2) is 0 Å². The Morgan fingerprint density at radius 3 is 2.08 bits per heavy atom. The van der Waals surface area contributed by atoms with Crippen molar-refractivity contribution in [2.75, 3.05) is 18.5 Å². The first-order chi connectivity index (χ1) is 11.2. The van der Waals surface area contributed by atoms with Crippen LogP contribution in [0.1, 0.15) is 13.8 Å². The van der Waals surface area contributed by atoms with Gasteiger partial charge in [0, 0.05) is 10.7 Å². The number of esters is 1. The average Bonchev–Trinajstić information content (AvgIpc) is 2.48. The largest absolute Gasteiger partial charge is 0.463 e. The number of hydrogen-bond acceptors (Lipinski definition) is 5. The summed E-state index contributed by atoms with van der Waals surface area (Å²) < 4.78 is 49.9. The predicted octanol–water partition coefficient (Wildman–Crippen LogP) is 3.32. The maximum atomic E-state index is 13.7. The third kappa shape index (κ3) is 4.67. The number of hydrogen-bond donors (Lipinski definition) is 2. The fourth-order valence-corrected chi connectivity index (χ4v) is 1.83. The quantitative estimate of drug-likeness (QED) is 0.595. The van der Waals surface area contributed by atoms with Crippen LogP contribution < -0.4 is 10.6 Å². The first kappa shape index (κ1) is 19.9. The van der Waals surface area contributed by atoms with E-state index >= 15 is 0 Å². The topological polar surface area (TPSA) is 76.7 Å². The predicted molar refractivity (Wildman–Crippen MR) is 80.7 cm³/mol. The van der Waals surface area contributed by atoms with E-state index in [1.165, 1.54) is 43.4 Å². The van der Waals surface area contributed by atoms with E-state index in [4.69, 9.17) is 11.6 Å². The Morgan fingerprint density at radius 1 is 1.08 bits per heavy atom. The molecule has 0 fully saturated rings. The average molecular weight is 369 g/mol. The molecule has 2 N–H and O–H groups in total. The molecule has 0 saturated heterocycles. The molecule has 0 bridgehead atoms.